The number of benzene rings is 1. The summed E-state index contributed by atoms with van der Waals surface area (Å²) in [6.45, 7) is 0.568. The predicted octanol–water partition coefficient (Wildman–Crippen LogP) is 0.854. The van der Waals surface area contributed by atoms with Crippen LogP contribution in [0, 0.1) is 0 Å². The number of hydrogen-bond acceptors (Lipinski definition) is 2. The van der Waals surface area contributed by atoms with Gasteiger partial charge in [-0.2, -0.15) is 0 Å². The maximum Gasteiger partial charge on any atom is 0.231 e. The van der Waals surface area contributed by atoms with Crippen molar-refractivity contribution in [1.82, 2.24) is 5.32 Å². The van der Waals surface area contributed by atoms with Crippen molar-refractivity contribution in [3.05, 3.63) is 29.8 Å². The van der Waals surface area contributed by atoms with Gasteiger partial charge in [-0.3, -0.25) is 9.59 Å². The van der Waals surface area contributed by atoms with E-state index in [2.05, 4.69) is 5.32 Å². The number of fused-ring (bicyclic) bond motifs is 1. The van der Waals surface area contributed by atoms with Crippen LogP contribution in [-0.4, -0.2) is 24.4 Å². The average Bonchev–Trinajstić information content (AvgIpc) is 2.66. The number of amides is 2. The molecule has 0 spiro atoms. The van der Waals surface area contributed by atoms with Gasteiger partial charge in [-0.1, -0.05) is 18.2 Å². The maximum absolute atomic E-state index is 12.0. The van der Waals surface area contributed by atoms with E-state index < -0.39 is 0 Å². The summed E-state index contributed by atoms with van der Waals surface area (Å²) in [5.41, 5.74) is 2.10. The number of para-hydroxylation sites is 1. The quantitative estimate of drug-likeness (QED) is 0.777. The number of carbonyl (C=O) groups excluding carboxylic acids is 2. The third kappa shape index (κ3) is 1.69. The second-order valence-electron chi connectivity index (χ2n) is 4.57. The van der Waals surface area contributed by atoms with E-state index >= 15 is 0 Å². The van der Waals surface area contributed by atoms with E-state index in [1.807, 2.05) is 29.2 Å². The summed E-state index contributed by atoms with van der Waals surface area (Å²) in [5.74, 6) is 0.230. The van der Waals surface area contributed by atoms with Gasteiger partial charge in [0.15, 0.2) is 0 Å². The summed E-state index contributed by atoms with van der Waals surface area (Å²) in [6, 6.07) is 8.00. The van der Waals surface area contributed by atoms with Crippen LogP contribution in [0.4, 0.5) is 5.69 Å². The number of rotatable bonds is 1. The Hall–Kier alpha value is -1.84. The fourth-order valence-electron chi connectivity index (χ4n) is 2.62. The molecule has 88 valence electrons. The highest BCUT2D eigenvalue weighted by Gasteiger charge is 2.34. The van der Waals surface area contributed by atoms with Crippen LogP contribution < -0.4 is 10.2 Å². The van der Waals surface area contributed by atoms with E-state index in [4.69, 9.17) is 0 Å². The van der Waals surface area contributed by atoms with Gasteiger partial charge in [-0.05, 0) is 18.1 Å². The zero-order valence-corrected chi connectivity index (χ0v) is 9.48. The second kappa shape index (κ2) is 3.87. The molecule has 1 atom stereocenters. The normalized spacial score (nSPS) is 23.5. The van der Waals surface area contributed by atoms with Gasteiger partial charge < -0.3 is 10.2 Å². The Balaban J connectivity index is 1.88. The fourth-order valence-corrected chi connectivity index (χ4v) is 2.62. The van der Waals surface area contributed by atoms with Gasteiger partial charge in [-0.15, -0.1) is 0 Å². The molecule has 1 unspecified atom stereocenters. The summed E-state index contributed by atoms with van der Waals surface area (Å²) in [5, 5.41) is 2.83. The molecule has 4 nitrogen and oxygen atoms in total. The van der Waals surface area contributed by atoms with Crippen LogP contribution in [0.5, 0.6) is 0 Å². The molecule has 1 fully saturated rings. The molecular formula is C13H14N2O2. The van der Waals surface area contributed by atoms with Crippen molar-refractivity contribution >= 4 is 17.5 Å². The SMILES string of the molecule is O=C1CCC(N2C(=O)Cc3ccccc32)CN1. The lowest BCUT2D eigenvalue weighted by molar-refractivity contribution is -0.123. The van der Waals surface area contributed by atoms with Crippen LogP contribution in [0.3, 0.4) is 0 Å². The minimum atomic E-state index is 0.0844. The molecule has 0 radical (unpaired) electrons. The molecule has 1 N–H and O–H groups in total. The molecule has 4 heteroatoms. The molecule has 0 bridgehead atoms. The smallest absolute Gasteiger partial charge is 0.231 e. The molecular weight excluding hydrogens is 216 g/mol. The summed E-state index contributed by atoms with van der Waals surface area (Å²) < 4.78 is 0. The summed E-state index contributed by atoms with van der Waals surface area (Å²) >= 11 is 0. The molecule has 2 heterocycles. The largest absolute Gasteiger partial charge is 0.354 e. The van der Waals surface area contributed by atoms with Crippen LogP contribution >= 0.6 is 0 Å². The molecule has 2 amide bonds. The van der Waals surface area contributed by atoms with Crippen LogP contribution in [0.25, 0.3) is 0 Å². The standard InChI is InChI=1S/C13H14N2O2/c16-12-6-5-10(8-14-12)15-11-4-2-1-3-9(11)7-13(15)17/h1-4,10H,5-8H2,(H,14,16). The second-order valence-corrected chi connectivity index (χ2v) is 4.57. The van der Waals surface area contributed by atoms with Crippen molar-refractivity contribution in [2.75, 3.05) is 11.4 Å². The number of hydrogen-bond donors (Lipinski definition) is 1. The van der Waals surface area contributed by atoms with Crippen LogP contribution in [0.2, 0.25) is 0 Å². The highest BCUT2D eigenvalue weighted by Crippen LogP contribution is 2.31. The number of carbonyl (C=O) groups is 2. The van der Waals surface area contributed by atoms with Crippen LogP contribution in [-0.2, 0) is 16.0 Å². The van der Waals surface area contributed by atoms with E-state index in [1.165, 1.54) is 0 Å². The number of piperidine rings is 1. The van der Waals surface area contributed by atoms with Crippen molar-refractivity contribution in [3.8, 4) is 0 Å². The van der Waals surface area contributed by atoms with Gasteiger partial charge in [-0.25, -0.2) is 0 Å². The Morgan fingerprint density at radius 2 is 2.06 bits per heavy atom. The van der Waals surface area contributed by atoms with Crippen LogP contribution in [0.15, 0.2) is 24.3 Å². The zero-order chi connectivity index (χ0) is 11.8. The third-order valence-electron chi connectivity index (χ3n) is 3.47. The summed E-state index contributed by atoms with van der Waals surface area (Å²) in [7, 11) is 0. The van der Waals surface area contributed by atoms with E-state index in [-0.39, 0.29) is 17.9 Å². The fraction of sp³-hybridized carbons (Fsp3) is 0.385. The molecule has 3 rings (SSSR count). The minimum Gasteiger partial charge on any atom is -0.354 e. The Morgan fingerprint density at radius 1 is 1.24 bits per heavy atom. The average molecular weight is 230 g/mol. The molecule has 17 heavy (non-hydrogen) atoms. The van der Waals surface area contributed by atoms with Crippen molar-refractivity contribution in [2.45, 2.75) is 25.3 Å². The topological polar surface area (TPSA) is 49.4 Å². The lowest BCUT2D eigenvalue weighted by Crippen LogP contribution is -2.49. The van der Waals surface area contributed by atoms with Gasteiger partial charge in [0.1, 0.15) is 0 Å². The molecule has 0 aliphatic carbocycles. The van der Waals surface area contributed by atoms with Gasteiger partial charge in [0.05, 0.1) is 12.5 Å². The first kappa shape index (κ1) is 10.3. The molecule has 1 saturated heterocycles. The predicted molar refractivity (Wildman–Crippen MR) is 63.7 cm³/mol. The highest BCUT2D eigenvalue weighted by atomic mass is 16.2. The first-order chi connectivity index (χ1) is 8.25. The zero-order valence-electron chi connectivity index (χ0n) is 9.48. The van der Waals surface area contributed by atoms with Gasteiger partial charge in [0.25, 0.3) is 0 Å². The van der Waals surface area contributed by atoms with E-state index in [0.717, 1.165) is 17.7 Å². The molecule has 2 aliphatic heterocycles. The lowest BCUT2D eigenvalue weighted by atomic mass is 10.1. The number of anilines is 1. The van der Waals surface area contributed by atoms with Crippen molar-refractivity contribution in [1.29, 1.82) is 0 Å². The number of nitrogens with one attached hydrogen (secondary N) is 1. The molecule has 0 saturated carbocycles. The highest BCUT2D eigenvalue weighted by molar-refractivity contribution is 6.02. The van der Waals surface area contributed by atoms with E-state index in [1.54, 1.807) is 0 Å². The van der Waals surface area contributed by atoms with Gasteiger partial charge >= 0.3 is 0 Å². The maximum atomic E-state index is 12.0. The Kier molecular flexibility index (Phi) is 2.35. The molecule has 1 aromatic carbocycles. The summed E-state index contributed by atoms with van der Waals surface area (Å²) in [6.07, 6.45) is 1.75. The molecule has 1 aromatic rings. The van der Waals surface area contributed by atoms with Gasteiger partial charge in [0.2, 0.25) is 11.8 Å². The third-order valence-corrected chi connectivity index (χ3v) is 3.47. The first-order valence-electron chi connectivity index (χ1n) is 5.92. The van der Waals surface area contributed by atoms with Crippen molar-refractivity contribution in [3.63, 3.8) is 0 Å². The molecule has 0 aromatic heterocycles. The van der Waals surface area contributed by atoms with Gasteiger partial charge in [0, 0.05) is 18.7 Å². The molecule has 2 aliphatic rings. The first-order valence-corrected chi connectivity index (χ1v) is 5.92. The van der Waals surface area contributed by atoms with Crippen molar-refractivity contribution in [2.24, 2.45) is 0 Å². The Bertz CT molecular complexity index is 474. The Morgan fingerprint density at radius 3 is 2.82 bits per heavy atom. The van der Waals surface area contributed by atoms with Crippen molar-refractivity contribution < 1.29 is 9.59 Å². The monoisotopic (exact) mass is 230 g/mol. The van der Waals surface area contributed by atoms with E-state index in [9.17, 15) is 9.59 Å². The van der Waals surface area contributed by atoms with E-state index in [0.29, 0.717) is 19.4 Å². The minimum absolute atomic E-state index is 0.0844. The van der Waals surface area contributed by atoms with Crippen LogP contribution in [0.1, 0.15) is 18.4 Å². The lowest BCUT2D eigenvalue weighted by Gasteiger charge is -2.31. The summed E-state index contributed by atoms with van der Waals surface area (Å²) in [4.78, 5) is 25.0. The number of nitrogens with zero attached hydrogens (tertiary/aromatic N) is 1. The Labute approximate surface area is 99.6 Å².